The number of benzene rings is 1. The number of halogens is 1. The molecular formula is C18H28ClN3O2. The van der Waals surface area contributed by atoms with Crippen LogP contribution < -0.4 is 11.1 Å². The Hall–Kier alpha value is -1.59. The van der Waals surface area contributed by atoms with Crippen LogP contribution in [-0.4, -0.2) is 36.3 Å². The third-order valence-electron chi connectivity index (χ3n) is 4.33. The molecule has 1 heterocycles. The number of piperidine rings is 1. The summed E-state index contributed by atoms with van der Waals surface area (Å²) in [6.07, 6.45) is 3.13. The van der Waals surface area contributed by atoms with Crippen molar-refractivity contribution in [1.29, 1.82) is 0 Å². The molecule has 5 nitrogen and oxygen atoms in total. The Morgan fingerprint density at radius 1 is 1.33 bits per heavy atom. The molecule has 24 heavy (non-hydrogen) atoms. The highest BCUT2D eigenvalue weighted by atomic mass is 35.5. The van der Waals surface area contributed by atoms with Crippen molar-refractivity contribution in [2.24, 2.45) is 11.7 Å². The molecule has 134 valence electrons. The summed E-state index contributed by atoms with van der Waals surface area (Å²) in [5.41, 5.74) is 7.12. The van der Waals surface area contributed by atoms with E-state index in [0.717, 1.165) is 31.4 Å². The molecule has 2 amide bonds. The zero-order valence-electron chi connectivity index (χ0n) is 14.2. The quantitative estimate of drug-likeness (QED) is 0.823. The lowest BCUT2D eigenvalue weighted by Crippen LogP contribution is -2.46. The Bertz CT molecular complexity index is 524. The van der Waals surface area contributed by atoms with Crippen LogP contribution in [0.3, 0.4) is 0 Å². The molecule has 0 aliphatic carbocycles. The first-order valence-electron chi connectivity index (χ1n) is 8.47. The smallest absolute Gasteiger partial charge is 0.224 e. The van der Waals surface area contributed by atoms with Gasteiger partial charge in [-0.3, -0.25) is 9.59 Å². The van der Waals surface area contributed by atoms with E-state index < -0.39 is 0 Å². The number of nitrogens with two attached hydrogens (primary N) is 1. The normalized spacial score (nSPS) is 18.4. The van der Waals surface area contributed by atoms with E-state index in [9.17, 15) is 9.59 Å². The average molecular weight is 354 g/mol. The van der Waals surface area contributed by atoms with E-state index in [-0.39, 0.29) is 36.2 Å². The molecule has 2 rings (SSSR count). The predicted octanol–water partition coefficient (Wildman–Crippen LogP) is 2.26. The molecule has 1 aromatic carbocycles. The lowest BCUT2D eigenvalue weighted by molar-refractivity contribution is -0.135. The number of rotatable bonds is 6. The summed E-state index contributed by atoms with van der Waals surface area (Å²) in [7, 11) is 0. The highest BCUT2D eigenvalue weighted by Gasteiger charge is 2.28. The molecule has 6 heteroatoms. The van der Waals surface area contributed by atoms with Crippen LogP contribution in [0, 0.1) is 5.92 Å². The zero-order valence-corrected chi connectivity index (χ0v) is 15.1. The minimum Gasteiger partial charge on any atom is -0.354 e. The van der Waals surface area contributed by atoms with Crippen molar-refractivity contribution in [2.45, 2.75) is 38.6 Å². The van der Waals surface area contributed by atoms with Crippen LogP contribution in [-0.2, 0) is 9.59 Å². The number of nitrogens with zero attached hydrogens (tertiary/aromatic N) is 1. The molecule has 1 aromatic rings. The van der Waals surface area contributed by atoms with Crippen molar-refractivity contribution in [2.75, 3.05) is 19.6 Å². The summed E-state index contributed by atoms with van der Waals surface area (Å²) in [5.74, 6) is 0.0453. The predicted molar refractivity (Wildman–Crippen MR) is 97.8 cm³/mol. The fraction of sp³-hybridized carbons (Fsp3) is 0.556. The fourth-order valence-corrected chi connectivity index (χ4v) is 2.96. The van der Waals surface area contributed by atoms with Crippen LogP contribution in [0.4, 0.5) is 0 Å². The minimum absolute atomic E-state index is 0. The average Bonchev–Trinajstić information content (AvgIpc) is 2.60. The van der Waals surface area contributed by atoms with Crippen LogP contribution in [0.25, 0.3) is 0 Å². The molecule has 2 atom stereocenters. The van der Waals surface area contributed by atoms with Gasteiger partial charge < -0.3 is 16.0 Å². The van der Waals surface area contributed by atoms with Gasteiger partial charge in [0.05, 0.1) is 5.92 Å². The maximum absolute atomic E-state index is 12.4. The molecule has 0 aromatic heterocycles. The Morgan fingerprint density at radius 3 is 2.71 bits per heavy atom. The molecular weight excluding hydrogens is 326 g/mol. The molecule has 1 saturated heterocycles. The first-order chi connectivity index (χ1) is 11.1. The van der Waals surface area contributed by atoms with Gasteiger partial charge in [0.2, 0.25) is 11.8 Å². The second kappa shape index (κ2) is 10.3. The summed E-state index contributed by atoms with van der Waals surface area (Å²) in [6, 6.07) is 9.54. The van der Waals surface area contributed by atoms with Gasteiger partial charge in [-0.2, -0.15) is 0 Å². The van der Waals surface area contributed by atoms with Crippen molar-refractivity contribution < 1.29 is 9.59 Å². The number of likely N-dealkylation sites (tertiary alicyclic amines) is 1. The Morgan fingerprint density at radius 2 is 2.04 bits per heavy atom. The van der Waals surface area contributed by atoms with Gasteiger partial charge in [0.25, 0.3) is 0 Å². The van der Waals surface area contributed by atoms with Gasteiger partial charge in [-0.1, -0.05) is 37.3 Å². The van der Waals surface area contributed by atoms with Crippen LogP contribution in [0.1, 0.15) is 44.2 Å². The lowest BCUT2D eigenvalue weighted by atomic mass is 9.96. The van der Waals surface area contributed by atoms with Gasteiger partial charge in [-0.05, 0) is 24.8 Å². The zero-order chi connectivity index (χ0) is 16.7. The first-order valence-corrected chi connectivity index (χ1v) is 8.47. The second-order valence-corrected chi connectivity index (χ2v) is 6.19. The number of carbonyl (C=O) groups is 2. The molecule has 0 spiro atoms. The molecule has 1 aliphatic heterocycles. The van der Waals surface area contributed by atoms with Crippen molar-refractivity contribution in [3.8, 4) is 0 Å². The highest BCUT2D eigenvalue weighted by molar-refractivity contribution is 5.85. The van der Waals surface area contributed by atoms with E-state index in [1.165, 1.54) is 0 Å². The summed E-state index contributed by atoms with van der Waals surface area (Å²) in [6.45, 7) is 3.72. The molecule has 0 bridgehead atoms. The molecule has 1 aliphatic rings. The van der Waals surface area contributed by atoms with Gasteiger partial charge in [0.1, 0.15) is 0 Å². The monoisotopic (exact) mass is 353 g/mol. The standard InChI is InChI=1S/C18H27N3O2.ClH/c1-2-7-17(22)21-11-6-10-15(13-21)18(23)20-12-16(19)14-8-4-3-5-9-14;/h3-5,8-9,15-16H,2,6-7,10-13,19H2,1H3,(H,20,23);1H. The third kappa shape index (κ3) is 5.80. The highest BCUT2D eigenvalue weighted by Crippen LogP contribution is 2.18. The topological polar surface area (TPSA) is 75.4 Å². The van der Waals surface area contributed by atoms with Crippen LogP contribution in [0.5, 0.6) is 0 Å². The molecule has 0 saturated carbocycles. The summed E-state index contributed by atoms with van der Waals surface area (Å²) < 4.78 is 0. The van der Waals surface area contributed by atoms with Gasteiger partial charge in [-0.25, -0.2) is 0 Å². The molecule has 0 radical (unpaired) electrons. The van der Waals surface area contributed by atoms with Crippen LogP contribution in [0.2, 0.25) is 0 Å². The second-order valence-electron chi connectivity index (χ2n) is 6.19. The molecule has 3 N–H and O–H groups in total. The van der Waals surface area contributed by atoms with E-state index >= 15 is 0 Å². The molecule has 1 fully saturated rings. The number of carbonyl (C=O) groups excluding carboxylic acids is 2. The number of hydrogen-bond acceptors (Lipinski definition) is 3. The van der Waals surface area contributed by atoms with Crippen LogP contribution in [0.15, 0.2) is 30.3 Å². The Balaban J connectivity index is 0.00000288. The van der Waals surface area contributed by atoms with Crippen molar-refractivity contribution in [3.63, 3.8) is 0 Å². The van der Waals surface area contributed by atoms with Crippen molar-refractivity contribution in [3.05, 3.63) is 35.9 Å². The summed E-state index contributed by atoms with van der Waals surface area (Å²) >= 11 is 0. The van der Waals surface area contributed by atoms with E-state index in [0.29, 0.717) is 19.5 Å². The summed E-state index contributed by atoms with van der Waals surface area (Å²) in [5, 5.41) is 2.94. The SMILES string of the molecule is CCCC(=O)N1CCCC(C(=O)NCC(N)c2ccccc2)C1.Cl. The Kier molecular flexibility index (Phi) is 8.79. The van der Waals surface area contributed by atoms with Gasteiger partial charge in [-0.15, -0.1) is 12.4 Å². The summed E-state index contributed by atoms with van der Waals surface area (Å²) in [4.78, 5) is 26.2. The van der Waals surface area contributed by atoms with Crippen molar-refractivity contribution >= 4 is 24.2 Å². The van der Waals surface area contributed by atoms with Gasteiger partial charge >= 0.3 is 0 Å². The number of hydrogen-bond donors (Lipinski definition) is 2. The lowest BCUT2D eigenvalue weighted by Gasteiger charge is -2.32. The fourth-order valence-electron chi connectivity index (χ4n) is 2.96. The maximum Gasteiger partial charge on any atom is 0.224 e. The van der Waals surface area contributed by atoms with Gasteiger partial charge in [0.15, 0.2) is 0 Å². The minimum atomic E-state index is -0.207. The van der Waals surface area contributed by atoms with Crippen LogP contribution >= 0.6 is 12.4 Å². The largest absolute Gasteiger partial charge is 0.354 e. The molecule has 2 unspecified atom stereocenters. The Labute approximate surface area is 150 Å². The van der Waals surface area contributed by atoms with E-state index in [2.05, 4.69) is 5.32 Å². The maximum atomic E-state index is 12.4. The number of nitrogens with one attached hydrogen (secondary N) is 1. The van der Waals surface area contributed by atoms with Gasteiger partial charge in [0, 0.05) is 32.1 Å². The van der Waals surface area contributed by atoms with E-state index in [1.54, 1.807) is 0 Å². The van der Waals surface area contributed by atoms with Crippen molar-refractivity contribution in [1.82, 2.24) is 10.2 Å². The third-order valence-corrected chi connectivity index (χ3v) is 4.33. The first kappa shape index (κ1) is 20.5. The number of amides is 2. The van der Waals surface area contributed by atoms with E-state index in [1.807, 2.05) is 42.2 Å². The van der Waals surface area contributed by atoms with E-state index in [4.69, 9.17) is 5.73 Å².